The van der Waals surface area contributed by atoms with Gasteiger partial charge in [0, 0.05) is 0 Å². The molecule has 18 heavy (non-hydrogen) atoms. The van der Waals surface area contributed by atoms with Crippen LogP contribution in [0.1, 0.15) is 23.2 Å². The molecule has 0 aliphatic heterocycles. The SMILES string of the molecule is COc1ccc(C(=O)OC(=O)CCC(=O)O)cc1. The van der Waals surface area contributed by atoms with Crippen molar-refractivity contribution in [1.29, 1.82) is 0 Å². The number of ether oxygens (including phenoxy) is 2. The van der Waals surface area contributed by atoms with Crippen LogP contribution in [0.4, 0.5) is 0 Å². The molecule has 0 aliphatic rings. The van der Waals surface area contributed by atoms with E-state index in [1.54, 1.807) is 12.1 Å². The van der Waals surface area contributed by atoms with Crippen LogP contribution in [0.3, 0.4) is 0 Å². The van der Waals surface area contributed by atoms with Crippen LogP contribution in [0.2, 0.25) is 0 Å². The summed E-state index contributed by atoms with van der Waals surface area (Å²) >= 11 is 0. The highest BCUT2D eigenvalue weighted by molar-refractivity contribution is 5.97. The highest BCUT2D eigenvalue weighted by atomic mass is 16.6. The summed E-state index contributed by atoms with van der Waals surface area (Å²) in [6.45, 7) is 0. The average Bonchev–Trinajstić information content (AvgIpc) is 2.36. The average molecular weight is 252 g/mol. The molecule has 1 aromatic rings. The Labute approximate surface area is 103 Å². The lowest BCUT2D eigenvalue weighted by molar-refractivity contribution is -0.144. The van der Waals surface area contributed by atoms with Crippen molar-refractivity contribution >= 4 is 17.9 Å². The first-order valence-electron chi connectivity index (χ1n) is 5.14. The second-order valence-corrected chi connectivity index (χ2v) is 3.38. The molecule has 0 heterocycles. The second-order valence-electron chi connectivity index (χ2n) is 3.38. The first-order valence-corrected chi connectivity index (χ1v) is 5.14. The van der Waals surface area contributed by atoms with Crippen molar-refractivity contribution < 1.29 is 29.0 Å². The smallest absolute Gasteiger partial charge is 0.345 e. The van der Waals surface area contributed by atoms with Gasteiger partial charge in [-0.05, 0) is 24.3 Å². The van der Waals surface area contributed by atoms with Crippen molar-refractivity contribution in [2.45, 2.75) is 12.8 Å². The van der Waals surface area contributed by atoms with Gasteiger partial charge < -0.3 is 14.6 Å². The quantitative estimate of drug-likeness (QED) is 0.626. The van der Waals surface area contributed by atoms with E-state index in [-0.39, 0.29) is 18.4 Å². The number of esters is 2. The highest BCUT2D eigenvalue weighted by Gasteiger charge is 2.14. The summed E-state index contributed by atoms with van der Waals surface area (Å²) in [6.07, 6.45) is -0.702. The zero-order chi connectivity index (χ0) is 13.5. The number of hydrogen-bond donors (Lipinski definition) is 1. The maximum absolute atomic E-state index is 11.5. The molecule has 0 unspecified atom stereocenters. The summed E-state index contributed by atoms with van der Waals surface area (Å²) < 4.78 is 9.39. The molecule has 6 nitrogen and oxygen atoms in total. The molecule has 0 aromatic heterocycles. The largest absolute Gasteiger partial charge is 0.497 e. The normalized spacial score (nSPS) is 9.61. The zero-order valence-corrected chi connectivity index (χ0v) is 9.71. The molecule has 0 saturated carbocycles. The van der Waals surface area contributed by atoms with E-state index in [1.807, 2.05) is 0 Å². The third-order valence-electron chi connectivity index (χ3n) is 2.08. The molecule has 0 saturated heterocycles. The molecule has 96 valence electrons. The number of carboxylic acid groups (broad SMARTS) is 1. The molecular weight excluding hydrogens is 240 g/mol. The number of benzene rings is 1. The Hall–Kier alpha value is -2.37. The third kappa shape index (κ3) is 4.25. The summed E-state index contributed by atoms with van der Waals surface area (Å²) in [4.78, 5) is 32.8. The molecule has 0 radical (unpaired) electrons. The van der Waals surface area contributed by atoms with Crippen LogP contribution in [-0.4, -0.2) is 30.1 Å². The third-order valence-corrected chi connectivity index (χ3v) is 2.08. The summed E-state index contributed by atoms with van der Waals surface area (Å²) in [5.41, 5.74) is 0.194. The van der Waals surface area contributed by atoms with Crippen LogP contribution in [0, 0.1) is 0 Å². The lowest BCUT2D eigenvalue weighted by Gasteiger charge is -2.03. The number of carbonyl (C=O) groups excluding carboxylic acids is 2. The van der Waals surface area contributed by atoms with Crippen LogP contribution < -0.4 is 4.74 Å². The number of hydrogen-bond acceptors (Lipinski definition) is 5. The van der Waals surface area contributed by atoms with Crippen LogP contribution in [-0.2, 0) is 14.3 Å². The molecule has 1 N–H and O–H groups in total. The molecule has 0 aliphatic carbocycles. The van der Waals surface area contributed by atoms with Gasteiger partial charge in [-0.15, -0.1) is 0 Å². The molecule has 0 spiro atoms. The van der Waals surface area contributed by atoms with E-state index in [0.29, 0.717) is 5.75 Å². The molecule has 1 aromatic carbocycles. The van der Waals surface area contributed by atoms with E-state index in [2.05, 4.69) is 4.74 Å². The Bertz CT molecular complexity index is 448. The van der Waals surface area contributed by atoms with Crippen molar-refractivity contribution in [3.63, 3.8) is 0 Å². The van der Waals surface area contributed by atoms with Crippen molar-refractivity contribution in [2.24, 2.45) is 0 Å². The van der Waals surface area contributed by atoms with Gasteiger partial charge in [0.2, 0.25) is 0 Å². The van der Waals surface area contributed by atoms with E-state index in [0.717, 1.165) is 0 Å². The minimum absolute atomic E-state index is 0.194. The Morgan fingerprint density at radius 3 is 2.22 bits per heavy atom. The lowest BCUT2D eigenvalue weighted by atomic mass is 10.2. The summed E-state index contributed by atoms with van der Waals surface area (Å²) in [7, 11) is 1.49. The Kier molecular flexibility index (Phi) is 4.86. The van der Waals surface area contributed by atoms with E-state index in [9.17, 15) is 14.4 Å². The maximum atomic E-state index is 11.5. The highest BCUT2D eigenvalue weighted by Crippen LogP contribution is 2.12. The van der Waals surface area contributed by atoms with Gasteiger partial charge >= 0.3 is 17.9 Å². The molecule has 0 fully saturated rings. The van der Waals surface area contributed by atoms with Crippen molar-refractivity contribution in [3.05, 3.63) is 29.8 Å². The number of carboxylic acids is 1. The Morgan fingerprint density at radius 2 is 1.72 bits per heavy atom. The number of aliphatic carboxylic acids is 1. The molecule has 1 rings (SSSR count). The standard InChI is InChI=1S/C12H12O6/c1-17-9-4-2-8(3-5-9)12(16)18-11(15)7-6-10(13)14/h2-5H,6-7H2,1H3,(H,13,14). The number of carbonyl (C=O) groups is 3. The van der Waals surface area contributed by atoms with Gasteiger partial charge in [-0.1, -0.05) is 0 Å². The molecule has 0 amide bonds. The maximum Gasteiger partial charge on any atom is 0.345 e. The van der Waals surface area contributed by atoms with Crippen LogP contribution in [0.25, 0.3) is 0 Å². The first-order chi connectivity index (χ1) is 8.52. The fourth-order valence-electron chi connectivity index (χ4n) is 1.15. The van der Waals surface area contributed by atoms with Gasteiger partial charge in [0.25, 0.3) is 0 Å². The predicted molar refractivity (Wildman–Crippen MR) is 60.3 cm³/mol. The van der Waals surface area contributed by atoms with Gasteiger partial charge in [-0.2, -0.15) is 0 Å². The number of rotatable bonds is 5. The van der Waals surface area contributed by atoms with E-state index >= 15 is 0 Å². The van der Waals surface area contributed by atoms with Crippen LogP contribution in [0.15, 0.2) is 24.3 Å². The van der Waals surface area contributed by atoms with Gasteiger partial charge in [-0.3, -0.25) is 9.59 Å². The Morgan fingerprint density at radius 1 is 1.11 bits per heavy atom. The lowest BCUT2D eigenvalue weighted by Crippen LogP contribution is -2.13. The summed E-state index contributed by atoms with van der Waals surface area (Å²) in [5.74, 6) is -2.22. The monoisotopic (exact) mass is 252 g/mol. The fraction of sp³-hybridized carbons (Fsp3) is 0.250. The second kappa shape index (κ2) is 6.39. The van der Waals surface area contributed by atoms with E-state index in [4.69, 9.17) is 9.84 Å². The minimum atomic E-state index is -1.12. The fourth-order valence-corrected chi connectivity index (χ4v) is 1.15. The van der Waals surface area contributed by atoms with Crippen LogP contribution in [0.5, 0.6) is 5.75 Å². The first kappa shape index (κ1) is 13.7. The van der Waals surface area contributed by atoms with E-state index in [1.165, 1.54) is 19.2 Å². The van der Waals surface area contributed by atoms with Crippen molar-refractivity contribution in [3.8, 4) is 5.75 Å². The molecule has 0 atom stereocenters. The summed E-state index contributed by atoms with van der Waals surface area (Å²) in [6, 6.07) is 6.01. The zero-order valence-electron chi connectivity index (χ0n) is 9.71. The van der Waals surface area contributed by atoms with Crippen molar-refractivity contribution in [1.82, 2.24) is 0 Å². The topological polar surface area (TPSA) is 89.9 Å². The minimum Gasteiger partial charge on any atom is -0.497 e. The molecule has 6 heteroatoms. The molecule has 0 bridgehead atoms. The predicted octanol–water partition coefficient (Wildman–Crippen LogP) is 1.24. The van der Waals surface area contributed by atoms with Gasteiger partial charge in [-0.25, -0.2) is 4.79 Å². The van der Waals surface area contributed by atoms with Crippen molar-refractivity contribution in [2.75, 3.05) is 7.11 Å². The van der Waals surface area contributed by atoms with E-state index < -0.39 is 17.9 Å². The Balaban J connectivity index is 2.53. The van der Waals surface area contributed by atoms with Gasteiger partial charge in [0.1, 0.15) is 5.75 Å². The van der Waals surface area contributed by atoms with Crippen LogP contribution >= 0.6 is 0 Å². The van der Waals surface area contributed by atoms with Gasteiger partial charge in [0.15, 0.2) is 0 Å². The molecular formula is C12H12O6. The summed E-state index contributed by atoms with van der Waals surface area (Å²) in [5, 5.41) is 8.36. The van der Waals surface area contributed by atoms with Gasteiger partial charge in [0.05, 0.1) is 25.5 Å². The number of methoxy groups -OCH3 is 1.